The molecule has 1 heterocycles. The largest absolute Gasteiger partial charge is 0.344 e. The summed E-state index contributed by atoms with van der Waals surface area (Å²) in [6, 6.07) is 10.9. The average Bonchev–Trinajstić information content (AvgIpc) is 3.02. The topological polar surface area (TPSA) is 47.1 Å². The minimum absolute atomic E-state index is 0.00226. The zero-order valence-electron chi connectivity index (χ0n) is 21.1. The minimum Gasteiger partial charge on any atom is -0.344 e. The van der Waals surface area contributed by atoms with Crippen molar-refractivity contribution in [1.29, 1.82) is 0 Å². The first-order valence-electron chi connectivity index (χ1n) is 12.8. The first-order valence-corrected chi connectivity index (χ1v) is 12.8. The van der Waals surface area contributed by atoms with E-state index < -0.39 is 0 Å². The summed E-state index contributed by atoms with van der Waals surface area (Å²) in [7, 11) is 6.22. The molecule has 4 rings (SSSR count). The molecule has 33 heavy (non-hydrogen) atoms. The molecule has 1 aromatic rings. The van der Waals surface area contributed by atoms with Crippen LogP contribution in [0.25, 0.3) is 0 Å². The van der Waals surface area contributed by atoms with E-state index >= 15 is 0 Å². The fraction of sp³-hybridized carbons (Fsp3) is 0.704. The maximum atomic E-state index is 13.6. The Balaban J connectivity index is 1.55. The van der Waals surface area contributed by atoms with Gasteiger partial charge in [0.15, 0.2) is 0 Å². The van der Waals surface area contributed by atoms with Crippen molar-refractivity contribution in [3.8, 4) is 0 Å². The second-order valence-corrected chi connectivity index (χ2v) is 10.9. The van der Waals surface area contributed by atoms with Crippen LogP contribution in [-0.4, -0.2) is 84.4 Å². The Labute approximate surface area is 199 Å². The predicted molar refractivity (Wildman–Crippen MR) is 132 cm³/mol. The van der Waals surface area contributed by atoms with Crippen molar-refractivity contribution >= 4 is 11.9 Å². The van der Waals surface area contributed by atoms with E-state index in [4.69, 9.17) is 0 Å². The van der Waals surface area contributed by atoms with E-state index in [1.54, 1.807) is 4.90 Å². The van der Waals surface area contributed by atoms with Gasteiger partial charge >= 0.3 is 6.03 Å². The molecular formula is C27H42N4O2. The molecular weight excluding hydrogens is 412 g/mol. The lowest BCUT2D eigenvalue weighted by Gasteiger charge is -2.51. The van der Waals surface area contributed by atoms with Crippen LogP contribution < -0.4 is 0 Å². The zero-order valence-corrected chi connectivity index (χ0v) is 21.1. The summed E-state index contributed by atoms with van der Waals surface area (Å²) in [6.07, 6.45) is 8.67. The lowest BCUT2D eigenvalue weighted by molar-refractivity contribution is -0.130. The first-order chi connectivity index (χ1) is 15.8. The number of benzene rings is 1. The van der Waals surface area contributed by atoms with Gasteiger partial charge in [0, 0.05) is 32.2 Å². The van der Waals surface area contributed by atoms with Crippen molar-refractivity contribution in [2.45, 2.75) is 69.4 Å². The maximum Gasteiger partial charge on any atom is 0.321 e. The van der Waals surface area contributed by atoms with Crippen LogP contribution in [0.15, 0.2) is 30.3 Å². The van der Waals surface area contributed by atoms with Gasteiger partial charge in [-0.2, -0.15) is 0 Å². The normalized spacial score (nSPS) is 28.0. The van der Waals surface area contributed by atoms with Crippen molar-refractivity contribution < 1.29 is 9.59 Å². The summed E-state index contributed by atoms with van der Waals surface area (Å²) >= 11 is 0. The van der Waals surface area contributed by atoms with Gasteiger partial charge in [0.05, 0.1) is 5.54 Å². The van der Waals surface area contributed by atoms with E-state index in [1.165, 1.54) is 24.8 Å². The highest BCUT2D eigenvalue weighted by atomic mass is 16.2. The molecule has 1 saturated heterocycles. The number of amides is 3. The summed E-state index contributed by atoms with van der Waals surface area (Å²) < 4.78 is 0. The molecule has 2 aliphatic carbocycles. The number of likely N-dealkylation sites (N-methyl/N-ethyl adjacent to an activating group) is 1. The monoisotopic (exact) mass is 454 g/mol. The van der Waals surface area contributed by atoms with Crippen LogP contribution in [0.1, 0.15) is 63.9 Å². The molecule has 3 fully saturated rings. The van der Waals surface area contributed by atoms with Gasteiger partial charge in [-0.15, -0.1) is 0 Å². The fourth-order valence-electron chi connectivity index (χ4n) is 6.25. The highest BCUT2D eigenvalue weighted by Gasteiger charge is 2.55. The third-order valence-electron chi connectivity index (χ3n) is 8.71. The van der Waals surface area contributed by atoms with Crippen molar-refractivity contribution in [1.82, 2.24) is 19.6 Å². The molecule has 1 spiro atoms. The summed E-state index contributed by atoms with van der Waals surface area (Å²) in [5.74, 6) is 0.674. The number of carbonyl (C=O) groups is 2. The van der Waals surface area contributed by atoms with E-state index in [0.29, 0.717) is 12.5 Å². The number of urea groups is 1. The van der Waals surface area contributed by atoms with Gasteiger partial charge in [-0.3, -0.25) is 9.69 Å². The van der Waals surface area contributed by atoms with Gasteiger partial charge < -0.3 is 14.7 Å². The Morgan fingerprint density at radius 3 is 2.27 bits per heavy atom. The van der Waals surface area contributed by atoms with E-state index in [2.05, 4.69) is 61.2 Å². The molecule has 0 N–H and O–H groups in total. The van der Waals surface area contributed by atoms with Crippen LogP contribution in [0.2, 0.25) is 0 Å². The van der Waals surface area contributed by atoms with E-state index in [1.807, 2.05) is 11.9 Å². The molecule has 182 valence electrons. The van der Waals surface area contributed by atoms with Gasteiger partial charge in [0.25, 0.3) is 0 Å². The average molecular weight is 455 g/mol. The molecule has 0 aromatic heterocycles. The Hall–Kier alpha value is -2.08. The molecule has 3 aliphatic rings. The van der Waals surface area contributed by atoms with Crippen LogP contribution in [0.4, 0.5) is 4.79 Å². The smallest absolute Gasteiger partial charge is 0.321 e. The molecule has 2 saturated carbocycles. The van der Waals surface area contributed by atoms with Gasteiger partial charge in [-0.25, -0.2) is 4.79 Å². The molecule has 6 heteroatoms. The Kier molecular flexibility index (Phi) is 7.04. The molecule has 0 radical (unpaired) electrons. The van der Waals surface area contributed by atoms with Crippen LogP contribution in [0.5, 0.6) is 0 Å². The van der Waals surface area contributed by atoms with Crippen molar-refractivity contribution in [2.75, 3.05) is 47.3 Å². The van der Waals surface area contributed by atoms with Crippen molar-refractivity contribution in [3.63, 3.8) is 0 Å². The highest BCUT2D eigenvalue weighted by molar-refractivity contribution is 5.86. The van der Waals surface area contributed by atoms with Crippen LogP contribution in [-0.2, 0) is 10.3 Å². The second-order valence-electron chi connectivity index (χ2n) is 10.9. The SMILES string of the molecule is CCCN(C)C(=O)CN1CC2(CCC(c3ccccc3)(N(C)C)CC2)N(CC2CCC2)C1=O. The molecule has 3 amide bonds. The predicted octanol–water partition coefficient (Wildman–Crippen LogP) is 4.16. The Bertz CT molecular complexity index is 828. The molecule has 6 nitrogen and oxygen atoms in total. The van der Waals surface area contributed by atoms with Crippen molar-refractivity contribution in [3.05, 3.63) is 35.9 Å². The maximum absolute atomic E-state index is 13.6. The Morgan fingerprint density at radius 2 is 1.73 bits per heavy atom. The third-order valence-corrected chi connectivity index (χ3v) is 8.71. The lowest BCUT2D eigenvalue weighted by Crippen LogP contribution is -2.56. The standard InChI is InChI=1S/C27H42N4O2/c1-5-18-29(4)24(32)20-30-21-26(31(25(30)33)19-22-10-9-11-22)14-16-27(17-15-26,28(2)3)23-12-7-6-8-13-23/h6-8,12-13,22H,5,9-11,14-21H2,1-4H3. The number of rotatable bonds is 8. The molecule has 0 atom stereocenters. The van der Waals surface area contributed by atoms with Gasteiger partial charge in [-0.1, -0.05) is 43.7 Å². The quantitative estimate of drug-likeness (QED) is 0.593. The number of hydrogen-bond donors (Lipinski definition) is 0. The van der Waals surface area contributed by atoms with Gasteiger partial charge in [0.2, 0.25) is 5.91 Å². The van der Waals surface area contributed by atoms with E-state index in [0.717, 1.165) is 45.2 Å². The minimum atomic E-state index is -0.148. The second kappa shape index (κ2) is 9.65. The first kappa shape index (κ1) is 24.1. The summed E-state index contributed by atoms with van der Waals surface area (Å²) in [4.78, 5) is 34.6. The molecule has 1 aliphatic heterocycles. The van der Waals surface area contributed by atoms with E-state index in [-0.39, 0.29) is 29.6 Å². The molecule has 1 aromatic carbocycles. The van der Waals surface area contributed by atoms with Crippen LogP contribution in [0.3, 0.4) is 0 Å². The van der Waals surface area contributed by atoms with Crippen LogP contribution >= 0.6 is 0 Å². The Morgan fingerprint density at radius 1 is 1.06 bits per heavy atom. The lowest BCUT2D eigenvalue weighted by atomic mass is 9.68. The molecule has 0 bridgehead atoms. The molecule has 0 unspecified atom stereocenters. The zero-order chi connectivity index (χ0) is 23.6. The van der Waals surface area contributed by atoms with Gasteiger partial charge in [-0.05, 0) is 70.5 Å². The number of hydrogen-bond acceptors (Lipinski definition) is 3. The fourth-order valence-corrected chi connectivity index (χ4v) is 6.25. The summed E-state index contributed by atoms with van der Waals surface area (Å²) in [5.41, 5.74) is 1.22. The highest BCUT2D eigenvalue weighted by Crippen LogP contribution is 2.49. The number of carbonyl (C=O) groups excluding carboxylic acids is 2. The van der Waals surface area contributed by atoms with Crippen molar-refractivity contribution in [2.24, 2.45) is 5.92 Å². The third kappa shape index (κ3) is 4.51. The summed E-state index contributed by atoms with van der Waals surface area (Å²) in [6.45, 7) is 4.55. The summed E-state index contributed by atoms with van der Waals surface area (Å²) in [5, 5.41) is 0. The van der Waals surface area contributed by atoms with Gasteiger partial charge in [0.1, 0.15) is 6.54 Å². The number of nitrogens with zero attached hydrogens (tertiary/aromatic N) is 4. The van der Waals surface area contributed by atoms with Crippen LogP contribution in [0, 0.1) is 5.92 Å². The van der Waals surface area contributed by atoms with E-state index in [9.17, 15) is 9.59 Å².